The Labute approximate surface area is 138 Å². The van der Waals surface area contributed by atoms with Crippen molar-refractivity contribution in [1.29, 1.82) is 0 Å². The first-order valence-electron chi connectivity index (χ1n) is 7.87. The minimum absolute atomic E-state index is 0.156. The van der Waals surface area contributed by atoms with Gasteiger partial charge in [0.05, 0.1) is 11.3 Å². The molecule has 1 aliphatic rings. The average molecular weight is 322 g/mol. The van der Waals surface area contributed by atoms with E-state index in [1.165, 1.54) is 0 Å². The van der Waals surface area contributed by atoms with Crippen LogP contribution in [0.25, 0.3) is 16.7 Å². The Morgan fingerprint density at radius 3 is 2.79 bits per heavy atom. The molecule has 2 heterocycles. The molecule has 0 aliphatic heterocycles. The zero-order chi connectivity index (χ0) is 17.0. The molecule has 122 valence electrons. The highest BCUT2D eigenvalue weighted by Gasteiger charge is 2.27. The van der Waals surface area contributed by atoms with E-state index in [0.29, 0.717) is 28.2 Å². The molecule has 0 spiro atoms. The zero-order valence-corrected chi connectivity index (χ0v) is 13.3. The van der Waals surface area contributed by atoms with Crippen LogP contribution in [0.4, 0.5) is 5.82 Å². The number of hydrogen-bond acceptors (Lipinski definition) is 4. The third kappa shape index (κ3) is 2.03. The van der Waals surface area contributed by atoms with E-state index >= 15 is 0 Å². The monoisotopic (exact) mass is 322 g/mol. The molecule has 0 unspecified atom stereocenters. The first-order valence-corrected chi connectivity index (χ1v) is 7.87. The van der Waals surface area contributed by atoms with Crippen molar-refractivity contribution in [3.05, 3.63) is 47.2 Å². The fourth-order valence-electron chi connectivity index (χ4n) is 3.20. The van der Waals surface area contributed by atoms with E-state index in [2.05, 4.69) is 4.98 Å². The number of benzene rings is 1. The molecule has 4 rings (SSSR count). The summed E-state index contributed by atoms with van der Waals surface area (Å²) in [6.07, 6.45) is 4.11. The van der Waals surface area contributed by atoms with Crippen LogP contribution in [0.2, 0.25) is 0 Å². The SMILES string of the molecule is Cc1c(O)cccc1-n1c(N)c(C(N)=O)c2cc(C3CC3)cnc21. The lowest BCUT2D eigenvalue weighted by atomic mass is 10.1. The molecule has 0 saturated heterocycles. The standard InChI is InChI=1S/C18H18N4O2/c1-9-13(3-2-4-14(9)23)22-16(19)15(17(20)24)12-7-11(10-5-6-10)8-21-18(12)22/h2-4,7-8,10,23H,5-6,19H2,1H3,(H2,20,24). The molecule has 1 saturated carbocycles. The lowest BCUT2D eigenvalue weighted by molar-refractivity contribution is 0.100. The number of rotatable bonds is 3. The molecule has 0 radical (unpaired) electrons. The number of primary amides is 1. The summed E-state index contributed by atoms with van der Waals surface area (Å²) in [5.41, 5.74) is 15.1. The molecule has 24 heavy (non-hydrogen) atoms. The number of pyridine rings is 1. The van der Waals surface area contributed by atoms with Crippen LogP contribution in [0.3, 0.4) is 0 Å². The number of nitrogen functional groups attached to an aromatic ring is 1. The number of phenolic OH excluding ortho intramolecular Hbond substituents is 1. The van der Waals surface area contributed by atoms with E-state index in [1.54, 1.807) is 23.6 Å². The van der Waals surface area contributed by atoms with Gasteiger partial charge in [-0.1, -0.05) is 6.07 Å². The number of carbonyl (C=O) groups is 1. The summed E-state index contributed by atoms with van der Waals surface area (Å²) in [6.45, 7) is 1.79. The smallest absolute Gasteiger partial charge is 0.253 e. The quantitative estimate of drug-likeness (QED) is 0.689. The molecule has 6 nitrogen and oxygen atoms in total. The summed E-state index contributed by atoms with van der Waals surface area (Å²) in [6, 6.07) is 7.12. The summed E-state index contributed by atoms with van der Waals surface area (Å²) >= 11 is 0. The normalized spacial score (nSPS) is 14.2. The van der Waals surface area contributed by atoms with Gasteiger partial charge in [0.2, 0.25) is 0 Å². The molecule has 1 aromatic carbocycles. The summed E-state index contributed by atoms with van der Waals surface area (Å²) in [7, 11) is 0. The van der Waals surface area contributed by atoms with Gasteiger partial charge in [-0.2, -0.15) is 0 Å². The van der Waals surface area contributed by atoms with Crippen molar-refractivity contribution >= 4 is 22.8 Å². The number of nitrogens with two attached hydrogens (primary N) is 2. The van der Waals surface area contributed by atoms with Gasteiger partial charge in [0.1, 0.15) is 17.2 Å². The number of anilines is 1. The van der Waals surface area contributed by atoms with E-state index in [1.807, 2.05) is 18.3 Å². The number of hydrogen-bond donors (Lipinski definition) is 3. The summed E-state index contributed by atoms with van der Waals surface area (Å²) in [4.78, 5) is 16.5. The molecule has 1 fully saturated rings. The maximum absolute atomic E-state index is 12.0. The number of nitrogens with zero attached hydrogens (tertiary/aromatic N) is 2. The molecule has 6 heteroatoms. The van der Waals surface area contributed by atoms with Crippen molar-refractivity contribution in [2.45, 2.75) is 25.7 Å². The van der Waals surface area contributed by atoms with Crippen molar-refractivity contribution in [3.63, 3.8) is 0 Å². The number of phenols is 1. The molecule has 0 bridgehead atoms. The van der Waals surface area contributed by atoms with Crippen LogP contribution in [-0.2, 0) is 0 Å². The lowest BCUT2D eigenvalue weighted by Crippen LogP contribution is -2.13. The second kappa shape index (κ2) is 4.99. The van der Waals surface area contributed by atoms with E-state index in [-0.39, 0.29) is 17.1 Å². The van der Waals surface area contributed by atoms with Gasteiger partial charge < -0.3 is 16.6 Å². The number of carbonyl (C=O) groups excluding carboxylic acids is 1. The van der Waals surface area contributed by atoms with Crippen molar-refractivity contribution in [1.82, 2.24) is 9.55 Å². The fourth-order valence-corrected chi connectivity index (χ4v) is 3.20. The third-order valence-corrected chi connectivity index (χ3v) is 4.68. The van der Waals surface area contributed by atoms with Gasteiger partial charge in [-0.05, 0) is 49.4 Å². The van der Waals surface area contributed by atoms with E-state index in [9.17, 15) is 9.90 Å². The second-order valence-corrected chi connectivity index (χ2v) is 6.30. The van der Waals surface area contributed by atoms with Crippen molar-refractivity contribution < 1.29 is 9.90 Å². The molecule has 1 amide bonds. The Balaban J connectivity index is 2.07. The van der Waals surface area contributed by atoms with Gasteiger partial charge in [0, 0.05) is 17.1 Å². The lowest BCUT2D eigenvalue weighted by Gasteiger charge is -2.12. The number of fused-ring (bicyclic) bond motifs is 1. The van der Waals surface area contributed by atoms with Gasteiger partial charge in [0.15, 0.2) is 0 Å². The Bertz CT molecular complexity index is 986. The van der Waals surface area contributed by atoms with Gasteiger partial charge in [-0.25, -0.2) is 4.98 Å². The molecular weight excluding hydrogens is 304 g/mol. The predicted octanol–water partition coefficient (Wildman–Crippen LogP) is 2.60. The molecule has 5 N–H and O–H groups in total. The van der Waals surface area contributed by atoms with Gasteiger partial charge in [-0.15, -0.1) is 0 Å². The first-order chi connectivity index (χ1) is 11.5. The van der Waals surface area contributed by atoms with Crippen LogP contribution < -0.4 is 11.5 Å². The Hall–Kier alpha value is -3.02. The van der Waals surface area contributed by atoms with Gasteiger partial charge >= 0.3 is 0 Å². The van der Waals surface area contributed by atoms with Crippen LogP contribution in [0.1, 0.15) is 40.2 Å². The average Bonchev–Trinajstić information content (AvgIpc) is 3.33. The summed E-state index contributed by atoms with van der Waals surface area (Å²) < 4.78 is 1.68. The third-order valence-electron chi connectivity index (χ3n) is 4.68. The van der Waals surface area contributed by atoms with E-state index in [0.717, 1.165) is 18.4 Å². The number of aromatic hydroxyl groups is 1. The highest BCUT2D eigenvalue weighted by molar-refractivity contribution is 6.11. The molecule has 2 aromatic heterocycles. The predicted molar refractivity (Wildman–Crippen MR) is 92.4 cm³/mol. The number of amides is 1. The molecule has 3 aromatic rings. The van der Waals surface area contributed by atoms with Crippen molar-refractivity contribution in [3.8, 4) is 11.4 Å². The molecule has 1 aliphatic carbocycles. The molecule has 0 atom stereocenters. The van der Waals surface area contributed by atoms with Gasteiger partial charge in [-0.3, -0.25) is 9.36 Å². The largest absolute Gasteiger partial charge is 0.508 e. The maximum Gasteiger partial charge on any atom is 0.253 e. The fraction of sp³-hybridized carbons (Fsp3) is 0.222. The first kappa shape index (κ1) is 14.6. The highest BCUT2D eigenvalue weighted by Crippen LogP contribution is 2.42. The minimum atomic E-state index is -0.580. The van der Waals surface area contributed by atoms with Crippen LogP contribution in [-0.4, -0.2) is 20.6 Å². The highest BCUT2D eigenvalue weighted by atomic mass is 16.3. The van der Waals surface area contributed by atoms with Crippen molar-refractivity contribution in [2.75, 3.05) is 5.73 Å². The van der Waals surface area contributed by atoms with E-state index < -0.39 is 5.91 Å². The van der Waals surface area contributed by atoms with Crippen LogP contribution >= 0.6 is 0 Å². The Morgan fingerprint density at radius 1 is 1.38 bits per heavy atom. The van der Waals surface area contributed by atoms with Crippen LogP contribution in [0.15, 0.2) is 30.5 Å². The van der Waals surface area contributed by atoms with Gasteiger partial charge in [0.25, 0.3) is 5.91 Å². The Morgan fingerprint density at radius 2 is 2.12 bits per heavy atom. The Kier molecular flexibility index (Phi) is 3.03. The van der Waals surface area contributed by atoms with Crippen LogP contribution in [0.5, 0.6) is 5.75 Å². The van der Waals surface area contributed by atoms with E-state index in [4.69, 9.17) is 11.5 Å². The molecular formula is C18H18N4O2. The summed E-state index contributed by atoms with van der Waals surface area (Å²) in [5, 5.41) is 10.7. The summed E-state index contributed by atoms with van der Waals surface area (Å²) in [5.74, 6) is 0.328. The topological polar surface area (TPSA) is 107 Å². The minimum Gasteiger partial charge on any atom is -0.508 e. The van der Waals surface area contributed by atoms with Crippen LogP contribution in [0, 0.1) is 6.92 Å². The zero-order valence-electron chi connectivity index (χ0n) is 13.3. The van der Waals surface area contributed by atoms with Crippen molar-refractivity contribution in [2.24, 2.45) is 5.73 Å². The maximum atomic E-state index is 12.0. The number of aromatic nitrogens is 2. The second-order valence-electron chi connectivity index (χ2n) is 6.30.